The van der Waals surface area contributed by atoms with Crippen molar-refractivity contribution in [3.05, 3.63) is 58.1 Å². The number of rotatable bonds is 5. The number of nitrogens with zero attached hydrogens (tertiary/aromatic N) is 5. The minimum absolute atomic E-state index is 0.0484. The van der Waals surface area contributed by atoms with E-state index in [1.165, 1.54) is 11.1 Å². The predicted molar refractivity (Wildman–Crippen MR) is 114 cm³/mol. The molecule has 0 spiro atoms. The molecule has 0 aliphatic carbocycles. The molecule has 0 saturated carbocycles. The number of aromatic nitrogens is 2. The van der Waals surface area contributed by atoms with Crippen LogP contribution in [-0.4, -0.2) is 53.1 Å². The number of aryl methyl sites for hydroxylation is 2. The fourth-order valence-corrected chi connectivity index (χ4v) is 3.47. The molecule has 0 radical (unpaired) electrons. The molecular formula is C21H30N6O. The number of benzene rings is 1. The summed E-state index contributed by atoms with van der Waals surface area (Å²) >= 11 is 0. The van der Waals surface area contributed by atoms with Crippen molar-refractivity contribution in [2.24, 2.45) is 12.0 Å². The lowest BCUT2D eigenvalue weighted by atomic mass is 10.1. The van der Waals surface area contributed by atoms with Crippen molar-refractivity contribution in [3.8, 4) is 0 Å². The van der Waals surface area contributed by atoms with Crippen molar-refractivity contribution in [3.63, 3.8) is 0 Å². The largest absolute Gasteiger partial charge is 0.357 e. The number of guanidine groups is 1. The Morgan fingerprint density at radius 2 is 1.86 bits per heavy atom. The van der Waals surface area contributed by atoms with Crippen molar-refractivity contribution in [2.45, 2.75) is 26.8 Å². The third kappa shape index (κ3) is 4.52. The number of aliphatic imine (C=N–C) groups is 1. The summed E-state index contributed by atoms with van der Waals surface area (Å²) < 4.78 is 1.57. The zero-order chi connectivity index (χ0) is 19.9. The summed E-state index contributed by atoms with van der Waals surface area (Å²) in [5.41, 5.74) is 2.57. The van der Waals surface area contributed by atoms with E-state index in [0.29, 0.717) is 12.4 Å². The van der Waals surface area contributed by atoms with Gasteiger partial charge in [0.05, 0.1) is 6.54 Å². The van der Waals surface area contributed by atoms with E-state index in [1.807, 2.05) is 0 Å². The number of anilines is 1. The summed E-state index contributed by atoms with van der Waals surface area (Å²) in [4.78, 5) is 25.8. The van der Waals surface area contributed by atoms with Gasteiger partial charge in [0, 0.05) is 52.2 Å². The third-order valence-corrected chi connectivity index (χ3v) is 5.11. The summed E-state index contributed by atoms with van der Waals surface area (Å²) in [7, 11) is 1.76. The summed E-state index contributed by atoms with van der Waals surface area (Å²) in [6.07, 6.45) is 4.38. The van der Waals surface area contributed by atoms with Gasteiger partial charge in [-0.15, -0.1) is 0 Å². The second-order valence-electron chi connectivity index (χ2n) is 6.93. The maximum Gasteiger partial charge on any atom is 0.293 e. The van der Waals surface area contributed by atoms with Crippen LogP contribution in [0.1, 0.15) is 25.0 Å². The van der Waals surface area contributed by atoms with E-state index in [0.717, 1.165) is 45.1 Å². The molecular weight excluding hydrogens is 352 g/mol. The average molecular weight is 383 g/mol. The van der Waals surface area contributed by atoms with Gasteiger partial charge in [-0.05, 0) is 24.5 Å². The average Bonchev–Trinajstić information content (AvgIpc) is 2.73. The lowest BCUT2D eigenvalue weighted by Crippen LogP contribution is -2.53. The Morgan fingerprint density at radius 3 is 2.54 bits per heavy atom. The van der Waals surface area contributed by atoms with Crippen LogP contribution in [0.2, 0.25) is 0 Å². The highest BCUT2D eigenvalue weighted by Crippen LogP contribution is 2.12. The quantitative estimate of drug-likeness (QED) is 0.629. The van der Waals surface area contributed by atoms with Crippen LogP contribution in [0.15, 0.2) is 46.4 Å². The fraction of sp³-hybridized carbons (Fsp3) is 0.476. The molecule has 1 aliphatic rings. The number of hydrogen-bond donors (Lipinski definition) is 1. The molecule has 0 unspecified atom stereocenters. The summed E-state index contributed by atoms with van der Waals surface area (Å²) in [5.74, 6) is 1.46. The van der Waals surface area contributed by atoms with Gasteiger partial charge in [0.25, 0.3) is 5.56 Å². The number of piperazine rings is 1. The molecule has 2 heterocycles. The van der Waals surface area contributed by atoms with Gasteiger partial charge >= 0.3 is 0 Å². The highest BCUT2D eigenvalue weighted by atomic mass is 16.1. The Kier molecular flexibility index (Phi) is 6.68. The van der Waals surface area contributed by atoms with Crippen molar-refractivity contribution >= 4 is 11.8 Å². The first kappa shape index (κ1) is 19.9. The normalized spacial score (nSPS) is 15.0. The molecule has 2 aromatic rings. The standard InChI is InChI=1S/C21H30N6O/c1-4-17-8-6-7-9-18(17)16-24-21(22-5-2)27-14-12-26(13-15-27)19-20(28)25(3)11-10-23-19/h6-11H,4-5,12-16H2,1-3H3,(H,22,24). The molecule has 0 atom stereocenters. The Bertz CT molecular complexity index is 867. The fourth-order valence-electron chi connectivity index (χ4n) is 3.47. The lowest BCUT2D eigenvalue weighted by Gasteiger charge is -2.36. The molecule has 1 aliphatic heterocycles. The molecule has 1 aromatic heterocycles. The summed E-state index contributed by atoms with van der Waals surface area (Å²) in [6, 6.07) is 8.48. The van der Waals surface area contributed by atoms with Crippen LogP contribution in [0.5, 0.6) is 0 Å². The lowest BCUT2D eigenvalue weighted by molar-refractivity contribution is 0.370. The Hall–Kier alpha value is -2.83. The molecule has 1 aromatic carbocycles. The molecule has 7 nitrogen and oxygen atoms in total. The van der Waals surface area contributed by atoms with Crippen LogP contribution < -0.4 is 15.8 Å². The first-order valence-corrected chi connectivity index (χ1v) is 10.0. The van der Waals surface area contributed by atoms with Gasteiger partial charge in [-0.25, -0.2) is 9.98 Å². The van der Waals surface area contributed by atoms with E-state index in [4.69, 9.17) is 4.99 Å². The van der Waals surface area contributed by atoms with Crippen LogP contribution in [-0.2, 0) is 20.0 Å². The second kappa shape index (κ2) is 9.39. The van der Waals surface area contributed by atoms with Gasteiger partial charge < -0.3 is 19.7 Å². The van der Waals surface area contributed by atoms with Gasteiger partial charge in [0.2, 0.25) is 0 Å². The Balaban J connectivity index is 1.69. The molecule has 1 fully saturated rings. The molecule has 3 rings (SSSR count). The minimum atomic E-state index is -0.0484. The second-order valence-corrected chi connectivity index (χ2v) is 6.93. The summed E-state index contributed by atoms with van der Waals surface area (Å²) in [6.45, 7) is 8.88. The molecule has 1 N–H and O–H groups in total. The van der Waals surface area contributed by atoms with Crippen LogP contribution >= 0.6 is 0 Å². The number of nitrogens with one attached hydrogen (secondary N) is 1. The van der Waals surface area contributed by atoms with Gasteiger partial charge in [-0.2, -0.15) is 0 Å². The maximum absolute atomic E-state index is 12.3. The predicted octanol–water partition coefficient (Wildman–Crippen LogP) is 1.63. The third-order valence-electron chi connectivity index (χ3n) is 5.11. The van der Waals surface area contributed by atoms with E-state index in [1.54, 1.807) is 24.0 Å². The first-order valence-electron chi connectivity index (χ1n) is 10.0. The maximum atomic E-state index is 12.3. The first-order chi connectivity index (χ1) is 13.6. The van der Waals surface area contributed by atoms with Gasteiger partial charge in [-0.3, -0.25) is 4.79 Å². The van der Waals surface area contributed by atoms with E-state index in [2.05, 4.69) is 58.2 Å². The molecule has 7 heteroatoms. The van der Waals surface area contributed by atoms with E-state index >= 15 is 0 Å². The van der Waals surface area contributed by atoms with Crippen LogP contribution in [0.3, 0.4) is 0 Å². The van der Waals surface area contributed by atoms with Crippen molar-refractivity contribution < 1.29 is 0 Å². The molecule has 28 heavy (non-hydrogen) atoms. The van der Waals surface area contributed by atoms with Crippen molar-refractivity contribution in [1.29, 1.82) is 0 Å². The highest BCUT2D eigenvalue weighted by Gasteiger charge is 2.22. The highest BCUT2D eigenvalue weighted by molar-refractivity contribution is 5.80. The van der Waals surface area contributed by atoms with Gasteiger partial charge in [-0.1, -0.05) is 31.2 Å². The topological polar surface area (TPSA) is 65.8 Å². The molecule has 0 amide bonds. The Morgan fingerprint density at radius 1 is 1.14 bits per heavy atom. The van der Waals surface area contributed by atoms with Crippen LogP contribution in [0, 0.1) is 0 Å². The van der Waals surface area contributed by atoms with E-state index < -0.39 is 0 Å². The smallest absolute Gasteiger partial charge is 0.293 e. The Labute approximate surface area is 166 Å². The zero-order valence-corrected chi connectivity index (χ0v) is 17.1. The SMILES string of the molecule is CCNC(=NCc1ccccc1CC)N1CCN(c2nccn(C)c2=O)CC1. The van der Waals surface area contributed by atoms with Crippen LogP contribution in [0.25, 0.3) is 0 Å². The van der Waals surface area contributed by atoms with Gasteiger partial charge in [0.1, 0.15) is 0 Å². The molecule has 1 saturated heterocycles. The van der Waals surface area contributed by atoms with E-state index in [9.17, 15) is 4.79 Å². The number of hydrogen-bond acceptors (Lipinski definition) is 4. The van der Waals surface area contributed by atoms with Crippen molar-refractivity contribution in [1.82, 2.24) is 19.8 Å². The molecule has 150 valence electrons. The minimum Gasteiger partial charge on any atom is -0.357 e. The molecule has 0 bridgehead atoms. The van der Waals surface area contributed by atoms with Crippen molar-refractivity contribution in [2.75, 3.05) is 37.6 Å². The van der Waals surface area contributed by atoms with E-state index in [-0.39, 0.29) is 5.56 Å². The summed E-state index contributed by atoms with van der Waals surface area (Å²) in [5, 5.41) is 3.41. The monoisotopic (exact) mass is 382 g/mol. The van der Waals surface area contributed by atoms with Crippen LogP contribution in [0.4, 0.5) is 5.82 Å². The zero-order valence-electron chi connectivity index (χ0n) is 17.1. The van der Waals surface area contributed by atoms with Gasteiger partial charge in [0.15, 0.2) is 11.8 Å².